The van der Waals surface area contributed by atoms with Crippen LogP contribution in [0.25, 0.3) is 0 Å². The normalized spacial score (nSPS) is 12.1. The van der Waals surface area contributed by atoms with Crippen molar-refractivity contribution in [3.05, 3.63) is 69.8 Å². The zero-order valence-electron chi connectivity index (χ0n) is 12.6. The molecule has 0 aliphatic heterocycles. The van der Waals surface area contributed by atoms with Gasteiger partial charge in [-0.05, 0) is 30.2 Å². The van der Waals surface area contributed by atoms with Gasteiger partial charge in [-0.25, -0.2) is 0 Å². The van der Waals surface area contributed by atoms with Crippen molar-refractivity contribution < 1.29 is 30.7 Å². The van der Waals surface area contributed by atoms with Gasteiger partial charge in [-0.2, -0.15) is 21.6 Å². The highest BCUT2D eigenvalue weighted by Gasteiger charge is 2.32. The fourth-order valence-corrected chi connectivity index (χ4v) is 2.99. The molecule has 0 unspecified atom stereocenters. The van der Waals surface area contributed by atoms with Crippen LogP contribution in [-0.2, 0) is 26.9 Å². The van der Waals surface area contributed by atoms with Crippen LogP contribution in [0.5, 0.6) is 0 Å². The first kappa shape index (κ1) is 18.9. The Hall–Kier alpha value is -2.46. The number of nitro groups is 1. The van der Waals surface area contributed by atoms with E-state index in [1.54, 1.807) is 0 Å². The maximum Gasteiger partial charge on any atom is 0.416 e. The standard InChI is InChI=1S/C15H12F3NO5S/c16-15(17,18)14-4-2-1-3-11(14)9-10-24-25(22,23)13-7-5-12(6-8-13)19(20)21/h1-8H,9-10H2. The zero-order chi connectivity index (χ0) is 18.7. The Morgan fingerprint density at radius 3 is 2.20 bits per heavy atom. The van der Waals surface area contributed by atoms with Crippen molar-refractivity contribution in [3.63, 3.8) is 0 Å². The van der Waals surface area contributed by atoms with E-state index in [2.05, 4.69) is 0 Å². The van der Waals surface area contributed by atoms with E-state index in [0.717, 1.165) is 30.3 Å². The Morgan fingerprint density at radius 2 is 1.64 bits per heavy atom. The first-order chi connectivity index (χ1) is 11.6. The van der Waals surface area contributed by atoms with Gasteiger partial charge in [0.05, 0.1) is 22.0 Å². The van der Waals surface area contributed by atoms with E-state index < -0.39 is 33.4 Å². The number of alkyl halides is 3. The van der Waals surface area contributed by atoms with Crippen LogP contribution >= 0.6 is 0 Å². The van der Waals surface area contributed by atoms with Gasteiger partial charge in [-0.15, -0.1) is 0 Å². The smallest absolute Gasteiger partial charge is 0.266 e. The highest BCUT2D eigenvalue weighted by atomic mass is 32.2. The van der Waals surface area contributed by atoms with Gasteiger partial charge in [0.1, 0.15) is 0 Å². The molecule has 0 aliphatic carbocycles. The summed E-state index contributed by atoms with van der Waals surface area (Å²) in [6, 6.07) is 8.78. The summed E-state index contributed by atoms with van der Waals surface area (Å²) >= 11 is 0. The molecule has 134 valence electrons. The molecule has 0 heterocycles. The van der Waals surface area contributed by atoms with Crippen LogP contribution in [0, 0.1) is 10.1 Å². The molecule has 10 heteroatoms. The number of benzene rings is 2. The van der Waals surface area contributed by atoms with Gasteiger partial charge in [0, 0.05) is 12.1 Å². The van der Waals surface area contributed by atoms with Crippen molar-refractivity contribution in [1.82, 2.24) is 0 Å². The van der Waals surface area contributed by atoms with Gasteiger partial charge < -0.3 is 0 Å². The largest absolute Gasteiger partial charge is 0.416 e. The van der Waals surface area contributed by atoms with Crippen molar-refractivity contribution in [1.29, 1.82) is 0 Å². The molecule has 0 spiro atoms. The van der Waals surface area contributed by atoms with E-state index in [-0.39, 0.29) is 22.6 Å². The summed E-state index contributed by atoms with van der Waals surface area (Å²) in [4.78, 5) is 9.53. The van der Waals surface area contributed by atoms with Crippen LogP contribution in [0.15, 0.2) is 53.4 Å². The van der Waals surface area contributed by atoms with Gasteiger partial charge in [-0.3, -0.25) is 14.3 Å². The van der Waals surface area contributed by atoms with Gasteiger partial charge >= 0.3 is 6.18 Å². The van der Waals surface area contributed by atoms with Crippen LogP contribution in [-0.4, -0.2) is 19.9 Å². The maximum atomic E-state index is 12.9. The van der Waals surface area contributed by atoms with Crippen molar-refractivity contribution in [2.75, 3.05) is 6.61 Å². The second-order valence-electron chi connectivity index (χ2n) is 4.93. The Morgan fingerprint density at radius 1 is 1.04 bits per heavy atom. The third-order valence-electron chi connectivity index (χ3n) is 3.27. The van der Waals surface area contributed by atoms with Crippen molar-refractivity contribution in [2.45, 2.75) is 17.5 Å². The molecule has 0 bridgehead atoms. The molecule has 25 heavy (non-hydrogen) atoms. The number of nitro benzene ring substituents is 1. The molecule has 0 aliphatic rings. The van der Waals surface area contributed by atoms with Crippen LogP contribution < -0.4 is 0 Å². The third kappa shape index (κ3) is 4.77. The Labute approximate surface area is 141 Å². The highest BCUT2D eigenvalue weighted by molar-refractivity contribution is 7.86. The minimum Gasteiger partial charge on any atom is -0.266 e. The summed E-state index contributed by atoms with van der Waals surface area (Å²) in [6.45, 7) is -0.494. The lowest BCUT2D eigenvalue weighted by atomic mass is 10.0. The third-order valence-corrected chi connectivity index (χ3v) is 4.60. The van der Waals surface area contributed by atoms with E-state index in [1.807, 2.05) is 0 Å². The number of non-ortho nitro benzene ring substituents is 1. The molecule has 0 radical (unpaired) electrons. The lowest BCUT2D eigenvalue weighted by Gasteiger charge is -2.12. The SMILES string of the molecule is O=[N+]([O-])c1ccc(S(=O)(=O)OCCc2ccccc2C(F)(F)F)cc1. The summed E-state index contributed by atoms with van der Waals surface area (Å²) in [6.07, 6.45) is -4.81. The first-order valence-electron chi connectivity index (χ1n) is 6.90. The van der Waals surface area contributed by atoms with Crippen LogP contribution in [0.4, 0.5) is 18.9 Å². The number of rotatable bonds is 6. The number of hydrogen-bond donors (Lipinski definition) is 0. The summed E-state index contributed by atoms with van der Waals surface area (Å²) in [5.41, 5.74) is -1.24. The molecule has 0 fully saturated rings. The Balaban J connectivity index is 2.07. The first-order valence-corrected chi connectivity index (χ1v) is 8.31. The molecule has 0 atom stereocenters. The quantitative estimate of drug-likeness (QED) is 0.438. The molecule has 0 aromatic heterocycles. The van der Waals surface area contributed by atoms with Gasteiger partial charge in [0.2, 0.25) is 0 Å². The number of halogens is 3. The molecule has 2 rings (SSSR count). The Kier molecular flexibility index (Phi) is 5.43. The molecule has 0 saturated carbocycles. The molecular weight excluding hydrogens is 363 g/mol. The lowest BCUT2D eigenvalue weighted by Crippen LogP contribution is -2.13. The van der Waals surface area contributed by atoms with E-state index in [0.29, 0.717) is 0 Å². The molecule has 6 nitrogen and oxygen atoms in total. The summed E-state index contributed by atoms with van der Waals surface area (Å²) < 4.78 is 67.3. The number of nitrogens with zero attached hydrogens (tertiary/aromatic N) is 1. The second kappa shape index (κ2) is 7.19. The average Bonchev–Trinajstić information content (AvgIpc) is 2.54. The van der Waals surface area contributed by atoms with Crippen LogP contribution in [0.2, 0.25) is 0 Å². The zero-order valence-corrected chi connectivity index (χ0v) is 13.4. The summed E-state index contributed by atoms with van der Waals surface area (Å²) in [5.74, 6) is 0. The van der Waals surface area contributed by atoms with E-state index in [4.69, 9.17) is 4.18 Å². The van der Waals surface area contributed by atoms with Crippen molar-refractivity contribution in [3.8, 4) is 0 Å². The molecule has 2 aromatic rings. The molecular formula is C15H12F3NO5S. The molecule has 0 N–H and O–H groups in total. The maximum absolute atomic E-state index is 12.9. The topological polar surface area (TPSA) is 86.5 Å². The lowest BCUT2D eigenvalue weighted by molar-refractivity contribution is -0.384. The second-order valence-corrected chi connectivity index (χ2v) is 6.55. The average molecular weight is 375 g/mol. The fourth-order valence-electron chi connectivity index (χ4n) is 2.08. The predicted molar refractivity (Wildman–Crippen MR) is 81.4 cm³/mol. The molecule has 0 amide bonds. The van der Waals surface area contributed by atoms with Gasteiger partial charge in [0.25, 0.3) is 15.8 Å². The summed E-state index contributed by atoms with van der Waals surface area (Å²) in [5, 5.41) is 10.5. The van der Waals surface area contributed by atoms with E-state index >= 15 is 0 Å². The fraction of sp³-hybridized carbons (Fsp3) is 0.200. The highest BCUT2D eigenvalue weighted by Crippen LogP contribution is 2.32. The molecule has 0 saturated heterocycles. The van der Waals surface area contributed by atoms with Crippen molar-refractivity contribution in [2.24, 2.45) is 0 Å². The van der Waals surface area contributed by atoms with Gasteiger partial charge in [0.15, 0.2) is 0 Å². The minimum atomic E-state index is -4.55. The van der Waals surface area contributed by atoms with Crippen LogP contribution in [0.3, 0.4) is 0 Å². The van der Waals surface area contributed by atoms with E-state index in [9.17, 15) is 31.7 Å². The van der Waals surface area contributed by atoms with Gasteiger partial charge in [-0.1, -0.05) is 18.2 Å². The molecule has 2 aromatic carbocycles. The minimum absolute atomic E-state index is 0.0890. The van der Waals surface area contributed by atoms with Crippen LogP contribution in [0.1, 0.15) is 11.1 Å². The van der Waals surface area contributed by atoms with Crippen molar-refractivity contribution >= 4 is 15.8 Å². The van der Waals surface area contributed by atoms with E-state index in [1.165, 1.54) is 18.2 Å². The number of hydrogen-bond acceptors (Lipinski definition) is 5. The predicted octanol–water partition coefficient (Wildman–Crippen LogP) is 3.56. The summed E-state index contributed by atoms with van der Waals surface area (Å²) in [7, 11) is -4.23. The Bertz CT molecular complexity index is 863. The monoisotopic (exact) mass is 375 g/mol.